The average molecular weight is 388 g/mol. The van der Waals surface area contributed by atoms with E-state index in [1.807, 2.05) is 24.3 Å². The quantitative estimate of drug-likeness (QED) is 0.631. The molecule has 0 unspecified atom stereocenters. The first-order chi connectivity index (χ1) is 13.0. The van der Waals surface area contributed by atoms with Gasteiger partial charge in [0.15, 0.2) is 0 Å². The normalized spacial score (nSPS) is 10.5. The van der Waals surface area contributed by atoms with E-state index < -0.39 is 23.2 Å². The van der Waals surface area contributed by atoms with E-state index in [2.05, 4.69) is 15.6 Å². The van der Waals surface area contributed by atoms with Gasteiger partial charge in [-0.25, -0.2) is 13.8 Å². The average Bonchev–Trinajstić information content (AvgIpc) is 2.67. The fourth-order valence-electron chi connectivity index (χ4n) is 2.43. The lowest BCUT2D eigenvalue weighted by atomic mass is 10.1. The molecule has 1 heterocycles. The predicted octanol–water partition coefficient (Wildman–Crippen LogP) is 4.92. The summed E-state index contributed by atoms with van der Waals surface area (Å²) in [5.74, 6) is -2.38. The van der Waals surface area contributed by atoms with Crippen LogP contribution in [0, 0.1) is 11.6 Å². The molecular weight excluding hydrogens is 372 g/mol. The Labute approximate surface area is 160 Å². The van der Waals surface area contributed by atoms with E-state index in [1.54, 1.807) is 6.07 Å². The van der Waals surface area contributed by atoms with Crippen LogP contribution >= 0.6 is 11.6 Å². The lowest BCUT2D eigenvalue weighted by molar-refractivity contribution is 0.102. The zero-order valence-corrected chi connectivity index (χ0v) is 14.9. The molecule has 4 nitrogen and oxygen atoms in total. The van der Waals surface area contributed by atoms with Crippen LogP contribution in [0.4, 0.5) is 20.2 Å². The highest BCUT2D eigenvalue weighted by Crippen LogP contribution is 2.19. The van der Waals surface area contributed by atoms with E-state index in [0.29, 0.717) is 11.6 Å². The highest BCUT2D eigenvalue weighted by molar-refractivity contribution is 6.30. The van der Waals surface area contributed by atoms with E-state index in [4.69, 9.17) is 11.6 Å². The summed E-state index contributed by atoms with van der Waals surface area (Å²) in [6.45, 7) is 0.676. The Bertz CT molecular complexity index is 911. The summed E-state index contributed by atoms with van der Waals surface area (Å²) in [4.78, 5) is 16.2. The number of halogens is 3. The van der Waals surface area contributed by atoms with Crippen LogP contribution < -0.4 is 10.6 Å². The lowest BCUT2D eigenvalue weighted by Gasteiger charge is -2.09. The molecule has 0 spiro atoms. The summed E-state index contributed by atoms with van der Waals surface area (Å²) in [5, 5.41) is 6.09. The third-order valence-corrected chi connectivity index (χ3v) is 4.11. The van der Waals surface area contributed by atoms with Crippen molar-refractivity contribution in [2.24, 2.45) is 0 Å². The fraction of sp³-hybridized carbons (Fsp3) is 0.100. The molecule has 3 aromatic rings. The molecule has 7 heteroatoms. The molecule has 0 aliphatic heterocycles. The summed E-state index contributed by atoms with van der Waals surface area (Å²) < 4.78 is 27.2. The Hall–Kier alpha value is -2.99. The smallest absolute Gasteiger partial charge is 0.274 e. The van der Waals surface area contributed by atoms with Gasteiger partial charge in [0.1, 0.15) is 23.0 Å². The van der Waals surface area contributed by atoms with E-state index >= 15 is 0 Å². The molecule has 2 aromatic carbocycles. The topological polar surface area (TPSA) is 54.0 Å². The third kappa shape index (κ3) is 5.01. The maximum atomic E-state index is 13.6. The van der Waals surface area contributed by atoms with Gasteiger partial charge in [0, 0.05) is 11.6 Å². The van der Waals surface area contributed by atoms with Crippen molar-refractivity contribution >= 4 is 28.9 Å². The van der Waals surface area contributed by atoms with Crippen LogP contribution in [0.15, 0.2) is 60.8 Å². The Morgan fingerprint density at radius 2 is 1.70 bits per heavy atom. The summed E-state index contributed by atoms with van der Waals surface area (Å²) >= 11 is 5.85. The Morgan fingerprint density at radius 1 is 1.00 bits per heavy atom. The largest absolute Gasteiger partial charge is 0.383 e. The minimum Gasteiger partial charge on any atom is -0.383 e. The number of aromatic nitrogens is 1. The summed E-state index contributed by atoms with van der Waals surface area (Å²) in [5.41, 5.74) is 1.44. The van der Waals surface area contributed by atoms with E-state index in [-0.39, 0.29) is 5.69 Å². The molecule has 0 saturated heterocycles. The van der Waals surface area contributed by atoms with Crippen molar-refractivity contribution in [3.05, 3.63) is 88.7 Å². The van der Waals surface area contributed by atoms with Crippen LogP contribution in [-0.4, -0.2) is 17.4 Å². The molecule has 0 saturated carbocycles. The van der Waals surface area contributed by atoms with E-state index in [1.165, 1.54) is 18.3 Å². The monoisotopic (exact) mass is 387 g/mol. The zero-order valence-electron chi connectivity index (χ0n) is 14.2. The van der Waals surface area contributed by atoms with Gasteiger partial charge in [-0.2, -0.15) is 0 Å². The SMILES string of the molecule is O=C(Nc1c(F)cccc1F)c1ccc(NCCc2ccc(Cl)cc2)cn1. The van der Waals surface area contributed by atoms with E-state index in [0.717, 1.165) is 29.8 Å². The highest BCUT2D eigenvalue weighted by Gasteiger charge is 2.14. The number of carbonyl (C=O) groups is 1. The first kappa shape index (κ1) is 18.8. The first-order valence-corrected chi connectivity index (χ1v) is 8.60. The van der Waals surface area contributed by atoms with Gasteiger partial charge in [-0.05, 0) is 48.4 Å². The second kappa shape index (κ2) is 8.60. The first-order valence-electron chi connectivity index (χ1n) is 8.22. The summed E-state index contributed by atoms with van der Waals surface area (Å²) in [6.07, 6.45) is 2.29. The number of pyridine rings is 1. The van der Waals surface area contributed by atoms with Crippen LogP contribution in [0.25, 0.3) is 0 Å². The molecule has 0 fully saturated rings. The second-order valence-electron chi connectivity index (χ2n) is 5.79. The molecule has 0 radical (unpaired) electrons. The number of para-hydroxylation sites is 1. The lowest BCUT2D eigenvalue weighted by Crippen LogP contribution is -2.16. The molecule has 138 valence electrons. The second-order valence-corrected chi connectivity index (χ2v) is 6.22. The number of nitrogens with zero attached hydrogens (tertiary/aromatic N) is 1. The van der Waals surface area contributed by atoms with Crippen molar-refractivity contribution in [2.75, 3.05) is 17.2 Å². The third-order valence-electron chi connectivity index (χ3n) is 3.85. The number of hydrogen-bond acceptors (Lipinski definition) is 3. The molecular formula is C20H16ClF2N3O. The van der Waals surface area contributed by atoms with Gasteiger partial charge in [0.05, 0.1) is 11.9 Å². The van der Waals surface area contributed by atoms with Crippen LogP contribution in [0.3, 0.4) is 0 Å². The van der Waals surface area contributed by atoms with Gasteiger partial charge < -0.3 is 10.6 Å². The molecule has 1 amide bonds. The summed E-state index contributed by atoms with van der Waals surface area (Å²) in [6, 6.07) is 14.1. The molecule has 0 aliphatic rings. The number of amides is 1. The number of benzene rings is 2. The van der Waals surface area contributed by atoms with Crippen molar-refractivity contribution in [1.82, 2.24) is 4.98 Å². The van der Waals surface area contributed by atoms with Crippen molar-refractivity contribution in [3.8, 4) is 0 Å². The molecule has 0 bridgehead atoms. The standard InChI is InChI=1S/C20H16ClF2N3O/c21-14-6-4-13(5-7-14)10-11-24-15-8-9-18(25-12-15)20(27)26-19-16(22)2-1-3-17(19)23/h1-9,12,24H,10-11H2,(H,26,27). The summed E-state index contributed by atoms with van der Waals surface area (Å²) in [7, 11) is 0. The number of hydrogen-bond donors (Lipinski definition) is 2. The fourth-order valence-corrected chi connectivity index (χ4v) is 2.56. The van der Waals surface area contributed by atoms with Crippen molar-refractivity contribution in [2.45, 2.75) is 6.42 Å². The van der Waals surface area contributed by atoms with Crippen molar-refractivity contribution in [3.63, 3.8) is 0 Å². The van der Waals surface area contributed by atoms with Gasteiger partial charge in [-0.1, -0.05) is 29.8 Å². The molecule has 2 N–H and O–H groups in total. The molecule has 1 aromatic heterocycles. The van der Waals surface area contributed by atoms with Gasteiger partial charge >= 0.3 is 0 Å². The van der Waals surface area contributed by atoms with Crippen LogP contribution in [0.2, 0.25) is 5.02 Å². The van der Waals surface area contributed by atoms with Crippen LogP contribution in [0.5, 0.6) is 0 Å². The van der Waals surface area contributed by atoms with Crippen LogP contribution in [0.1, 0.15) is 16.1 Å². The molecule has 0 aliphatic carbocycles. The number of carbonyl (C=O) groups excluding carboxylic acids is 1. The van der Waals surface area contributed by atoms with Crippen LogP contribution in [-0.2, 0) is 6.42 Å². The minimum absolute atomic E-state index is 0.0564. The van der Waals surface area contributed by atoms with Gasteiger partial charge in [0.2, 0.25) is 0 Å². The highest BCUT2D eigenvalue weighted by atomic mass is 35.5. The Balaban J connectivity index is 1.56. The maximum Gasteiger partial charge on any atom is 0.274 e. The van der Waals surface area contributed by atoms with Gasteiger partial charge in [-0.15, -0.1) is 0 Å². The van der Waals surface area contributed by atoms with Crippen molar-refractivity contribution in [1.29, 1.82) is 0 Å². The number of nitrogens with one attached hydrogen (secondary N) is 2. The van der Waals surface area contributed by atoms with Crippen molar-refractivity contribution < 1.29 is 13.6 Å². The molecule has 3 rings (SSSR count). The number of anilines is 2. The number of rotatable bonds is 6. The van der Waals surface area contributed by atoms with E-state index in [9.17, 15) is 13.6 Å². The zero-order chi connectivity index (χ0) is 19.2. The maximum absolute atomic E-state index is 13.6. The predicted molar refractivity (Wildman–Crippen MR) is 102 cm³/mol. The van der Waals surface area contributed by atoms with Gasteiger partial charge in [-0.3, -0.25) is 4.79 Å². The Morgan fingerprint density at radius 3 is 2.33 bits per heavy atom. The van der Waals surface area contributed by atoms with Gasteiger partial charge in [0.25, 0.3) is 5.91 Å². The minimum atomic E-state index is -0.844. The Kier molecular flexibility index (Phi) is 5.98. The molecule has 27 heavy (non-hydrogen) atoms. The molecule has 0 atom stereocenters.